The van der Waals surface area contributed by atoms with E-state index in [1.54, 1.807) is 13.2 Å². The van der Waals surface area contributed by atoms with E-state index in [2.05, 4.69) is 15.5 Å². The maximum atomic E-state index is 12.4. The number of thiazole rings is 1. The van der Waals surface area contributed by atoms with Gasteiger partial charge in [-0.15, -0.1) is 0 Å². The molecule has 0 saturated heterocycles. The zero-order valence-electron chi connectivity index (χ0n) is 13.2. The molecule has 0 fully saturated rings. The Morgan fingerprint density at radius 2 is 2.00 bits per heavy atom. The second-order valence-electron chi connectivity index (χ2n) is 5.25. The van der Waals surface area contributed by atoms with Gasteiger partial charge in [-0.1, -0.05) is 46.8 Å². The number of hydrogen-bond acceptors (Lipinski definition) is 6. The van der Waals surface area contributed by atoms with Crippen molar-refractivity contribution in [3.05, 3.63) is 60.3 Å². The average Bonchev–Trinajstić information content (AvgIpc) is 3.28. The molecule has 4 rings (SSSR count). The number of anilines is 1. The van der Waals surface area contributed by atoms with Crippen LogP contribution in [0.1, 0.15) is 10.5 Å². The summed E-state index contributed by atoms with van der Waals surface area (Å²) in [7, 11) is 1.61. The first kappa shape index (κ1) is 15.3. The molecule has 0 aliphatic carbocycles. The Morgan fingerprint density at radius 1 is 1.16 bits per heavy atom. The van der Waals surface area contributed by atoms with Gasteiger partial charge in [-0.25, -0.2) is 4.98 Å². The number of methoxy groups -OCH3 is 1. The molecule has 0 unspecified atom stereocenters. The third-order valence-electron chi connectivity index (χ3n) is 3.62. The van der Waals surface area contributed by atoms with Gasteiger partial charge in [0.1, 0.15) is 5.75 Å². The van der Waals surface area contributed by atoms with Crippen LogP contribution in [0.2, 0.25) is 0 Å². The number of amides is 1. The van der Waals surface area contributed by atoms with Gasteiger partial charge in [0.05, 0.1) is 17.3 Å². The van der Waals surface area contributed by atoms with Crippen molar-refractivity contribution in [3.8, 4) is 17.1 Å². The van der Waals surface area contributed by atoms with Crippen LogP contribution in [0.4, 0.5) is 5.13 Å². The molecular weight excluding hydrogens is 338 g/mol. The Bertz CT molecular complexity index is 1040. The number of benzene rings is 2. The molecule has 2 aromatic carbocycles. The maximum absolute atomic E-state index is 12.4. The van der Waals surface area contributed by atoms with E-state index in [1.807, 2.05) is 48.5 Å². The molecule has 2 aromatic heterocycles. The molecule has 0 aliphatic heterocycles. The van der Waals surface area contributed by atoms with Crippen molar-refractivity contribution in [2.24, 2.45) is 0 Å². The molecule has 4 aromatic rings. The molecular formula is C18H13N3O3S. The molecule has 0 saturated carbocycles. The van der Waals surface area contributed by atoms with Crippen LogP contribution >= 0.6 is 11.3 Å². The number of rotatable bonds is 4. The largest absolute Gasteiger partial charge is 0.497 e. The molecule has 124 valence electrons. The number of hydrogen-bond donors (Lipinski definition) is 1. The third kappa shape index (κ3) is 3.09. The fourth-order valence-corrected chi connectivity index (χ4v) is 3.26. The summed E-state index contributed by atoms with van der Waals surface area (Å²) in [6.45, 7) is 0. The molecule has 0 radical (unpaired) electrons. The summed E-state index contributed by atoms with van der Waals surface area (Å²) in [6, 6.07) is 16.7. The highest BCUT2D eigenvalue weighted by Gasteiger charge is 2.15. The molecule has 2 heterocycles. The predicted octanol–water partition coefficient (Wildman–Crippen LogP) is 4.21. The van der Waals surface area contributed by atoms with Gasteiger partial charge in [0, 0.05) is 11.6 Å². The van der Waals surface area contributed by atoms with Crippen molar-refractivity contribution in [3.63, 3.8) is 0 Å². The summed E-state index contributed by atoms with van der Waals surface area (Å²) in [5.74, 6) is 0.926. The molecule has 6 nitrogen and oxygen atoms in total. The SMILES string of the molecule is COc1ccc2nc(NC(=O)c3cc(-c4ccccc4)on3)sc2c1. The van der Waals surface area contributed by atoms with E-state index in [0.29, 0.717) is 10.9 Å². The third-order valence-corrected chi connectivity index (χ3v) is 4.55. The van der Waals surface area contributed by atoms with Crippen molar-refractivity contribution < 1.29 is 14.1 Å². The fraction of sp³-hybridized carbons (Fsp3) is 0.0556. The first-order chi connectivity index (χ1) is 12.2. The van der Waals surface area contributed by atoms with Crippen LogP contribution in [-0.2, 0) is 0 Å². The topological polar surface area (TPSA) is 77.2 Å². The van der Waals surface area contributed by atoms with Crippen LogP contribution in [0, 0.1) is 0 Å². The molecule has 7 heteroatoms. The Balaban J connectivity index is 1.55. The van der Waals surface area contributed by atoms with E-state index in [1.165, 1.54) is 11.3 Å². The van der Waals surface area contributed by atoms with E-state index in [4.69, 9.17) is 9.26 Å². The van der Waals surface area contributed by atoms with Gasteiger partial charge >= 0.3 is 0 Å². The average molecular weight is 351 g/mol. The highest BCUT2D eigenvalue weighted by Crippen LogP contribution is 2.29. The Labute approximate surface area is 147 Å². The van der Waals surface area contributed by atoms with Gasteiger partial charge in [-0.3, -0.25) is 10.1 Å². The normalized spacial score (nSPS) is 10.8. The lowest BCUT2D eigenvalue weighted by molar-refractivity contribution is 0.101. The monoisotopic (exact) mass is 351 g/mol. The van der Waals surface area contributed by atoms with E-state index in [0.717, 1.165) is 21.5 Å². The van der Waals surface area contributed by atoms with Crippen molar-refractivity contribution in [2.75, 3.05) is 12.4 Å². The summed E-state index contributed by atoms with van der Waals surface area (Å²) in [5.41, 5.74) is 1.86. The lowest BCUT2D eigenvalue weighted by Gasteiger charge is -1.96. The zero-order valence-corrected chi connectivity index (χ0v) is 14.0. The molecule has 0 aliphatic rings. The molecule has 25 heavy (non-hydrogen) atoms. The van der Waals surface area contributed by atoms with E-state index >= 15 is 0 Å². The number of nitrogens with one attached hydrogen (secondary N) is 1. The lowest BCUT2D eigenvalue weighted by atomic mass is 10.1. The number of aromatic nitrogens is 2. The summed E-state index contributed by atoms with van der Waals surface area (Å²) < 4.78 is 11.4. The van der Waals surface area contributed by atoms with Gasteiger partial charge in [-0.05, 0) is 18.2 Å². The lowest BCUT2D eigenvalue weighted by Crippen LogP contribution is -2.11. The van der Waals surface area contributed by atoms with Crippen LogP contribution in [0.3, 0.4) is 0 Å². The van der Waals surface area contributed by atoms with Crippen molar-refractivity contribution in [2.45, 2.75) is 0 Å². The van der Waals surface area contributed by atoms with Crippen molar-refractivity contribution >= 4 is 32.6 Å². The van der Waals surface area contributed by atoms with Crippen LogP contribution in [-0.4, -0.2) is 23.2 Å². The number of carbonyl (C=O) groups excluding carboxylic acids is 1. The van der Waals surface area contributed by atoms with Gasteiger partial charge in [0.25, 0.3) is 5.91 Å². The number of fused-ring (bicyclic) bond motifs is 1. The number of ether oxygens (including phenoxy) is 1. The van der Waals surface area contributed by atoms with Gasteiger partial charge in [0.15, 0.2) is 16.6 Å². The summed E-state index contributed by atoms with van der Waals surface area (Å²) in [5, 5.41) is 7.09. The van der Waals surface area contributed by atoms with E-state index in [9.17, 15) is 4.79 Å². The van der Waals surface area contributed by atoms with E-state index in [-0.39, 0.29) is 11.6 Å². The Kier molecular flexibility index (Phi) is 3.91. The minimum absolute atomic E-state index is 0.204. The van der Waals surface area contributed by atoms with Crippen LogP contribution in [0.15, 0.2) is 59.1 Å². The molecule has 0 bridgehead atoms. The second-order valence-corrected chi connectivity index (χ2v) is 6.28. The molecule has 0 atom stereocenters. The van der Waals surface area contributed by atoms with Crippen LogP contribution in [0.5, 0.6) is 5.75 Å². The first-order valence-electron chi connectivity index (χ1n) is 7.51. The number of nitrogens with zero attached hydrogens (tertiary/aromatic N) is 2. The molecule has 1 N–H and O–H groups in total. The van der Waals surface area contributed by atoms with Gasteiger partial charge in [0.2, 0.25) is 0 Å². The van der Waals surface area contributed by atoms with E-state index < -0.39 is 0 Å². The highest BCUT2D eigenvalue weighted by molar-refractivity contribution is 7.22. The summed E-state index contributed by atoms with van der Waals surface area (Å²) in [6.07, 6.45) is 0. The van der Waals surface area contributed by atoms with Crippen molar-refractivity contribution in [1.29, 1.82) is 0 Å². The van der Waals surface area contributed by atoms with Crippen LogP contribution in [0.25, 0.3) is 21.5 Å². The minimum atomic E-state index is -0.364. The summed E-state index contributed by atoms with van der Waals surface area (Å²) >= 11 is 1.37. The fourth-order valence-electron chi connectivity index (χ4n) is 2.37. The number of carbonyl (C=O) groups is 1. The quantitative estimate of drug-likeness (QED) is 0.596. The van der Waals surface area contributed by atoms with Crippen molar-refractivity contribution in [1.82, 2.24) is 10.1 Å². The molecule has 0 spiro atoms. The zero-order chi connectivity index (χ0) is 17.2. The minimum Gasteiger partial charge on any atom is -0.497 e. The second kappa shape index (κ2) is 6.37. The summed E-state index contributed by atoms with van der Waals surface area (Å²) in [4.78, 5) is 16.8. The van der Waals surface area contributed by atoms with Gasteiger partial charge in [-0.2, -0.15) is 0 Å². The first-order valence-corrected chi connectivity index (χ1v) is 8.32. The Hall–Kier alpha value is -3.19. The van der Waals surface area contributed by atoms with Crippen LogP contribution < -0.4 is 10.1 Å². The highest BCUT2D eigenvalue weighted by atomic mass is 32.1. The smallest absolute Gasteiger partial charge is 0.279 e. The maximum Gasteiger partial charge on any atom is 0.279 e. The standard InChI is InChI=1S/C18H13N3O3S/c1-23-12-7-8-13-16(9-12)25-18(19-13)20-17(22)14-10-15(24-21-14)11-5-3-2-4-6-11/h2-10H,1H3,(H,19,20,22). The Morgan fingerprint density at radius 3 is 2.80 bits per heavy atom. The predicted molar refractivity (Wildman–Crippen MR) is 96.1 cm³/mol. The van der Waals surface area contributed by atoms with Gasteiger partial charge < -0.3 is 9.26 Å². The molecule has 1 amide bonds.